The molecule has 0 aliphatic heterocycles. The summed E-state index contributed by atoms with van der Waals surface area (Å²) in [6, 6.07) is 14.4. The van der Waals surface area contributed by atoms with Gasteiger partial charge in [0, 0.05) is 35.6 Å². The highest BCUT2D eigenvalue weighted by atomic mass is 19.3. The van der Waals surface area contributed by atoms with Crippen molar-refractivity contribution in [2.45, 2.75) is 12.8 Å². The lowest BCUT2D eigenvalue weighted by molar-refractivity contribution is 0.0175. The Morgan fingerprint density at radius 1 is 1.14 bits per heavy atom. The fraction of sp³-hybridized carbons (Fsp3) is 0.143. The number of hydrogen-bond acceptors (Lipinski definition) is 5. The van der Waals surface area contributed by atoms with E-state index in [0.717, 1.165) is 12.5 Å². The van der Waals surface area contributed by atoms with Gasteiger partial charge in [0.15, 0.2) is 0 Å². The first kappa shape index (κ1) is 19.3. The molecule has 1 heterocycles. The first-order valence-electron chi connectivity index (χ1n) is 8.47. The highest BCUT2D eigenvalue weighted by molar-refractivity contribution is 5.94. The van der Waals surface area contributed by atoms with E-state index >= 15 is 0 Å². The van der Waals surface area contributed by atoms with Crippen LogP contribution in [0.1, 0.15) is 22.8 Å². The van der Waals surface area contributed by atoms with Crippen molar-refractivity contribution < 1.29 is 18.3 Å². The van der Waals surface area contributed by atoms with Gasteiger partial charge in [-0.3, -0.25) is 0 Å². The quantitative estimate of drug-likeness (QED) is 0.608. The van der Waals surface area contributed by atoms with E-state index in [1.165, 1.54) is 19.2 Å². The summed E-state index contributed by atoms with van der Waals surface area (Å²) < 4.78 is 32.1. The normalized spacial score (nSPS) is 11.1. The molecule has 144 valence electrons. The Hall–Kier alpha value is -3.48. The van der Waals surface area contributed by atoms with Crippen LogP contribution in [0.4, 0.5) is 26.0 Å². The van der Waals surface area contributed by atoms with Crippen molar-refractivity contribution >= 4 is 23.2 Å². The molecule has 0 bridgehead atoms. The summed E-state index contributed by atoms with van der Waals surface area (Å²) in [5, 5.41) is 3.14. The van der Waals surface area contributed by atoms with E-state index in [2.05, 4.69) is 10.3 Å². The smallest absolute Gasteiger partial charge is 0.337 e. The number of nitrogens with two attached hydrogens (primary N) is 1. The van der Waals surface area contributed by atoms with Gasteiger partial charge >= 0.3 is 5.97 Å². The van der Waals surface area contributed by atoms with Crippen LogP contribution in [0.3, 0.4) is 0 Å². The van der Waals surface area contributed by atoms with Gasteiger partial charge in [0.1, 0.15) is 5.82 Å². The highest BCUT2D eigenvalue weighted by Crippen LogP contribution is 2.34. The van der Waals surface area contributed by atoms with Crippen LogP contribution in [0.15, 0.2) is 60.8 Å². The number of carbonyl (C=O) groups excluding carboxylic acids is 1. The molecule has 0 radical (unpaired) electrons. The molecular formula is C21H19F2N3O2. The van der Waals surface area contributed by atoms with Crippen LogP contribution in [0, 0.1) is 0 Å². The van der Waals surface area contributed by atoms with Crippen molar-refractivity contribution in [3.8, 4) is 11.1 Å². The Kier molecular flexibility index (Phi) is 5.26. The number of carbonyl (C=O) groups is 1. The second kappa shape index (κ2) is 7.64. The van der Waals surface area contributed by atoms with Crippen molar-refractivity contribution in [1.29, 1.82) is 0 Å². The molecule has 0 saturated heterocycles. The second-order valence-electron chi connectivity index (χ2n) is 6.32. The summed E-state index contributed by atoms with van der Waals surface area (Å²) in [7, 11) is 1.30. The van der Waals surface area contributed by atoms with Crippen molar-refractivity contribution in [3.63, 3.8) is 0 Å². The molecule has 3 aromatic rings. The van der Waals surface area contributed by atoms with Gasteiger partial charge in [-0.25, -0.2) is 18.6 Å². The van der Waals surface area contributed by atoms with Crippen LogP contribution in [-0.4, -0.2) is 18.1 Å². The first-order chi connectivity index (χ1) is 13.3. The van der Waals surface area contributed by atoms with Crippen LogP contribution < -0.4 is 11.1 Å². The number of ether oxygens (including phenoxy) is 1. The van der Waals surface area contributed by atoms with Gasteiger partial charge in [0.2, 0.25) is 0 Å². The minimum atomic E-state index is -2.95. The molecule has 0 amide bonds. The van der Waals surface area contributed by atoms with Crippen molar-refractivity contribution in [2.24, 2.45) is 0 Å². The number of rotatable bonds is 5. The highest BCUT2D eigenvalue weighted by Gasteiger charge is 2.24. The molecule has 0 spiro atoms. The average molecular weight is 383 g/mol. The maximum atomic E-state index is 13.6. The molecule has 0 saturated carbocycles. The van der Waals surface area contributed by atoms with Gasteiger partial charge in [-0.05, 0) is 48.0 Å². The molecule has 1 aromatic heterocycles. The van der Waals surface area contributed by atoms with E-state index in [4.69, 9.17) is 10.5 Å². The van der Waals surface area contributed by atoms with Gasteiger partial charge in [0.25, 0.3) is 5.92 Å². The Bertz CT molecular complexity index is 1020. The van der Waals surface area contributed by atoms with Crippen molar-refractivity contribution in [3.05, 3.63) is 71.9 Å². The minimum Gasteiger partial charge on any atom is -0.465 e. The number of halogens is 2. The SMILES string of the molecule is COC(=O)c1ccc(Nc2cccc(C(C)(F)F)c2)c(-c2ccnc(N)c2)c1. The third kappa shape index (κ3) is 4.25. The fourth-order valence-corrected chi connectivity index (χ4v) is 2.78. The molecular weight excluding hydrogens is 364 g/mol. The molecule has 0 aliphatic rings. The van der Waals surface area contributed by atoms with Crippen molar-refractivity contribution in [1.82, 2.24) is 4.98 Å². The van der Waals surface area contributed by atoms with Gasteiger partial charge in [-0.2, -0.15) is 0 Å². The number of benzene rings is 2. The standard InChI is InChI=1S/C21H19F2N3O2/c1-21(22,23)15-4-3-5-16(12-15)26-18-7-6-14(20(27)28-2)10-17(18)13-8-9-25-19(24)11-13/h3-12,26H,1-2H3,(H2,24,25). The van der Waals surface area contributed by atoms with E-state index in [9.17, 15) is 13.6 Å². The Balaban J connectivity index is 2.07. The lowest BCUT2D eigenvalue weighted by Crippen LogP contribution is -2.07. The number of hydrogen-bond donors (Lipinski definition) is 2. The number of aromatic nitrogens is 1. The van der Waals surface area contributed by atoms with E-state index in [1.807, 2.05) is 0 Å². The van der Waals surface area contributed by atoms with Crippen LogP contribution in [0.2, 0.25) is 0 Å². The van der Waals surface area contributed by atoms with E-state index < -0.39 is 11.9 Å². The van der Waals surface area contributed by atoms with E-state index in [1.54, 1.807) is 48.7 Å². The Morgan fingerprint density at radius 3 is 2.61 bits per heavy atom. The third-order valence-electron chi connectivity index (χ3n) is 4.18. The predicted molar refractivity (Wildman–Crippen MR) is 105 cm³/mol. The summed E-state index contributed by atoms with van der Waals surface area (Å²) in [5.41, 5.74) is 8.53. The molecule has 0 atom stereocenters. The molecule has 3 rings (SSSR count). The van der Waals surface area contributed by atoms with E-state index in [0.29, 0.717) is 28.3 Å². The van der Waals surface area contributed by atoms with Crippen molar-refractivity contribution in [2.75, 3.05) is 18.2 Å². The summed E-state index contributed by atoms with van der Waals surface area (Å²) in [4.78, 5) is 15.9. The molecule has 28 heavy (non-hydrogen) atoms. The molecule has 5 nitrogen and oxygen atoms in total. The Labute approximate surface area is 161 Å². The number of nitrogen functional groups attached to an aromatic ring is 1. The third-order valence-corrected chi connectivity index (χ3v) is 4.18. The largest absolute Gasteiger partial charge is 0.465 e. The number of methoxy groups -OCH3 is 1. The number of alkyl halides is 2. The molecule has 3 N–H and O–H groups in total. The lowest BCUT2D eigenvalue weighted by Gasteiger charge is -2.16. The number of esters is 1. The second-order valence-corrected chi connectivity index (χ2v) is 6.32. The van der Waals surface area contributed by atoms with Crippen LogP contribution in [0.5, 0.6) is 0 Å². The van der Waals surface area contributed by atoms with Gasteiger partial charge < -0.3 is 15.8 Å². The zero-order valence-electron chi connectivity index (χ0n) is 15.4. The molecule has 0 aliphatic carbocycles. The van der Waals surface area contributed by atoms with Gasteiger partial charge in [-0.15, -0.1) is 0 Å². The molecule has 2 aromatic carbocycles. The van der Waals surface area contributed by atoms with Gasteiger partial charge in [0.05, 0.1) is 12.7 Å². The number of anilines is 3. The topological polar surface area (TPSA) is 77.2 Å². The van der Waals surface area contributed by atoms with Crippen LogP contribution >= 0.6 is 0 Å². The number of nitrogens with one attached hydrogen (secondary N) is 1. The Morgan fingerprint density at radius 2 is 1.93 bits per heavy atom. The first-order valence-corrected chi connectivity index (χ1v) is 8.47. The van der Waals surface area contributed by atoms with Crippen LogP contribution in [0.25, 0.3) is 11.1 Å². The maximum Gasteiger partial charge on any atom is 0.337 e. The zero-order chi connectivity index (χ0) is 20.3. The molecule has 0 fully saturated rings. The monoisotopic (exact) mass is 383 g/mol. The summed E-state index contributed by atoms with van der Waals surface area (Å²) in [6.07, 6.45) is 1.55. The fourth-order valence-electron chi connectivity index (χ4n) is 2.78. The predicted octanol–water partition coefficient (Wildman–Crippen LogP) is 4.97. The van der Waals surface area contributed by atoms with Gasteiger partial charge in [-0.1, -0.05) is 12.1 Å². The molecule has 0 unspecified atom stereocenters. The number of pyridine rings is 1. The maximum absolute atomic E-state index is 13.6. The average Bonchev–Trinajstić information content (AvgIpc) is 2.67. The summed E-state index contributed by atoms with van der Waals surface area (Å²) >= 11 is 0. The number of nitrogens with zero attached hydrogens (tertiary/aromatic N) is 1. The van der Waals surface area contributed by atoms with E-state index in [-0.39, 0.29) is 5.56 Å². The lowest BCUT2D eigenvalue weighted by atomic mass is 10.0. The van der Waals surface area contributed by atoms with Crippen LogP contribution in [-0.2, 0) is 10.7 Å². The summed E-state index contributed by atoms with van der Waals surface area (Å²) in [5.74, 6) is -3.11. The zero-order valence-corrected chi connectivity index (χ0v) is 15.4. The minimum absolute atomic E-state index is 0.0987. The molecule has 7 heteroatoms. The summed E-state index contributed by atoms with van der Waals surface area (Å²) in [6.45, 7) is 0.850.